The van der Waals surface area contributed by atoms with E-state index in [4.69, 9.17) is 4.74 Å². The van der Waals surface area contributed by atoms with E-state index >= 15 is 0 Å². The van der Waals surface area contributed by atoms with Gasteiger partial charge in [-0.3, -0.25) is 0 Å². The van der Waals surface area contributed by atoms with Crippen molar-refractivity contribution >= 4 is 44.0 Å². The van der Waals surface area contributed by atoms with Crippen LogP contribution < -0.4 is 4.74 Å². The van der Waals surface area contributed by atoms with E-state index in [1.165, 1.54) is 19.2 Å². The van der Waals surface area contributed by atoms with Crippen molar-refractivity contribution in [3.63, 3.8) is 0 Å². The van der Waals surface area contributed by atoms with Crippen molar-refractivity contribution in [3.05, 3.63) is 26.6 Å². The molecular formula is C10H9IOS. The Labute approximate surface area is 94.9 Å². The first kappa shape index (κ1) is 9.27. The molecule has 0 atom stereocenters. The highest BCUT2D eigenvalue weighted by molar-refractivity contribution is 14.1. The molecule has 0 unspecified atom stereocenters. The maximum absolute atomic E-state index is 5.33. The number of rotatable bonds is 1. The molecule has 1 aromatic heterocycles. The minimum atomic E-state index is 0.989. The average Bonchev–Trinajstić information content (AvgIpc) is 2.47. The summed E-state index contributed by atoms with van der Waals surface area (Å²) in [5.41, 5.74) is 1.25. The second kappa shape index (κ2) is 3.46. The van der Waals surface area contributed by atoms with Gasteiger partial charge in [0.25, 0.3) is 0 Å². The van der Waals surface area contributed by atoms with Crippen molar-refractivity contribution in [2.24, 2.45) is 0 Å². The largest absolute Gasteiger partial charge is 0.495 e. The Morgan fingerprint density at radius 2 is 2.15 bits per heavy atom. The minimum absolute atomic E-state index is 0.989. The average molecular weight is 304 g/mol. The topological polar surface area (TPSA) is 9.23 Å². The van der Waals surface area contributed by atoms with Gasteiger partial charge in [-0.1, -0.05) is 0 Å². The van der Waals surface area contributed by atoms with Crippen LogP contribution in [0.3, 0.4) is 0 Å². The molecule has 13 heavy (non-hydrogen) atoms. The molecule has 0 aliphatic rings. The Bertz CT molecular complexity index is 447. The van der Waals surface area contributed by atoms with Gasteiger partial charge in [-0.25, -0.2) is 0 Å². The molecule has 0 fully saturated rings. The third-order valence-electron chi connectivity index (χ3n) is 1.96. The number of aryl methyl sites for hydroxylation is 1. The van der Waals surface area contributed by atoms with Crippen molar-refractivity contribution in [2.45, 2.75) is 6.92 Å². The Balaban J connectivity index is 2.84. The van der Waals surface area contributed by atoms with Gasteiger partial charge in [0.15, 0.2) is 0 Å². The van der Waals surface area contributed by atoms with E-state index in [0.29, 0.717) is 0 Å². The number of fused-ring (bicyclic) bond motifs is 1. The molecule has 0 aliphatic carbocycles. The van der Waals surface area contributed by atoms with Gasteiger partial charge in [0.1, 0.15) is 5.75 Å². The first-order chi connectivity index (χ1) is 6.22. The summed E-state index contributed by atoms with van der Waals surface area (Å²) < 4.78 is 7.88. The van der Waals surface area contributed by atoms with Crippen molar-refractivity contribution in [2.75, 3.05) is 7.11 Å². The molecule has 0 bridgehead atoms. The van der Waals surface area contributed by atoms with E-state index in [2.05, 4.69) is 47.0 Å². The molecule has 0 N–H and O–H groups in total. The predicted octanol–water partition coefficient (Wildman–Crippen LogP) is 3.82. The Kier molecular flexibility index (Phi) is 2.47. The summed E-state index contributed by atoms with van der Waals surface area (Å²) in [6.45, 7) is 2.09. The molecule has 3 heteroatoms. The van der Waals surface area contributed by atoms with E-state index < -0.39 is 0 Å². The van der Waals surface area contributed by atoms with Crippen LogP contribution >= 0.6 is 33.9 Å². The lowest BCUT2D eigenvalue weighted by atomic mass is 10.2. The van der Waals surface area contributed by atoms with Gasteiger partial charge in [-0.05, 0) is 47.2 Å². The van der Waals surface area contributed by atoms with Crippen LogP contribution in [0.15, 0.2) is 17.5 Å². The normalized spacial score (nSPS) is 10.7. The highest BCUT2D eigenvalue weighted by atomic mass is 127. The van der Waals surface area contributed by atoms with Crippen LogP contribution in [0.1, 0.15) is 5.56 Å². The summed E-state index contributed by atoms with van der Waals surface area (Å²) in [5, 5.41) is 3.47. The fraction of sp³-hybridized carbons (Fsp3) is 0.200. The zero-order valence-corrected chi connectivity index (χ0v) is 10.4. The van der Waals surface area contributed by atoms with Crippen LogP contribution in [0.25, 0.3) is 10.1 Å². The van der Waals surface area contributed by atoms with Crippen LogP contribution in [0.4, 0.5) is 0 Å². The van der Waals surface area contributed by atoms with Crippen molar-refractivity contribution < 1.29 is 4.74 Å². The quantitative estimate of drug-likeness (QED) is 0.728. The molecule has 68 valence electrons. The van der Waals surface area contributed by atoms with Crippen LogP contribution in [0.5, 0.6) is 5.75 Å². The smallest absolute Gasteiger partial charge is 0.136 e. The number of thiophene rings is 1. The fourth-order valence-electron chi connectivity index (χ4n) is 1.36. The van der Waals surface area contributed by atoms with E-state index in [-0.39, 0.29) is 0 Å². The van der Waals surface area contributed by atoms with Crippen molar-refractivity contribution in [1.29, 1.82) is 0 Å². The molecule has 0 radical (unpaired) electrons. The maximum atomic E-state index is 5.33. The van der Waals surface area contributed by atoms with Gasteiger partial charge >= 0.3 is 0 Å². The summed E-state index contributed by atoms with van der Waals surface area (Å²) in [4.78, 5) is 0. The lowest BCUT2D eigenvalue weighted by molar-refractivity contribution is 0.420. The first-order valence-electron chi connectivity index (χ1n) is 3.93. The van der Waals surface area contributed by atoms with E-state index in [9.17, 15) is 0 Å². The summed E-state index contributed by atoms with van der Waals surface area (Å²) in [6, 6.07) is 4.28. The van der Waals surface area contributed by atoms with Crippen LogP contribution in [0.2, 0.25) is 0 Å². The molecule has 1 aromatic carbocycles. The zero-order chi connectivity index (χ0) is 9.42. The van der Waals surface area contributed by atoms with Crippen LogP contribution in [-0.2, 0) is 0 Å². The van der Waals surface area contributed by atoms with E-state index in [0.717, 1.165) is 5.75 Å². The van der Waals surface area contributed by atoms with Crippen LogP contribution in [-0.4, -0.2) is 7.11 Å². The standard InChI is InChI=1S/C10H9IOS/c1-6-3-7-8(11)5-13-10(7)9(4-6)12-2/h3-5H,1-2H3. The molecule has 0 saturated carbocycles. The van der Waals surface area contributed by atoms with Crippen molar-refractivity contribution in [1.82, 2.24) is 0 Å². The molecular weight excluding hydrogens is 295 g/mol. The van der Waals surface area contributed by atoms with E-state index in [1.807, 2.05) is 0 Å². The van der Waals surface area contributed by atoms with Gasteiger partial charge in [0.05, 0.1) is 11.8 Å². The highest BCUT2D eigenvalue weighted by Crippen LogP contribution is 2.35. The Morgan fingerprint density at radius 3 is 2.85 bits per heavy atom. The van der Waals surface area contributed by atoms with Gasteiger partial charge in [-0.2, -0.15) is 0 Å². The van der Waals surface area contributed by atoms with E-state index in [1.54, 1.807) is 18.4 Å². The third kappa shape index (κ3) is 1.55. The molecule has 0 amide bonds. The minimum Gasteiger partial charge on any atom is -0.495 e. The van der Waals surface area contributed by atoms with Gasteiger partial charge < -0.3 is 4.74 Å². The van der Waals surface area contributed by atoms with Crippen molar-refractivity contribution in [3.8, 4) is 5.75 Å². The van der Waals surface area contributed by atoms with Gasteiger partial charge in [0.2, 0.25) is 0 Å². The lowest BCUT2D eigenvalue weighted by Crippen LogP contribution is -1.84. The monoisotopic (exact) mass is 304 g/mol. The molecule has 2 aromatic rings. The second-order valence-electron chi connectivity index (χ2n) is 2.93. The van der Waals surface area contributed by atoms with Crippen LogP contribution in [0, 0.1) is 10.5 Å². The number of benzene rings is 1. The number of hydrogen-bond donors (Lipinski definition) is 0. The first-order valence-corrected chi connectivity index (χ1v) is 5.89. The Hall–Kier alpha value is -0.290. The molecule has 2 rings (SSSR count). The zero-order valence-electron chi connectivity index (χ0n) is 7.43. The number of halogens is 1. The highest BCUT2D eigenvalue weighted by Gasteiger charge is 2.07. The lowest BCUT2D eigenvalue weighted by Gasteiger charge is -2.02. The number of methoxy groups -OCH3 is 1. The summed E-state index contributed by atoms with van der Waals surface area (Å²) in [6.07, 6.45) is 0. The SMILES string of the molecule is COc1cc(C)cc2c(I)csc12. The summed E-state index contributed by atoms with van der Waals surface area (Å²) in [7, 11) is 1.72. The second-order valence-corrected chi connectivity index (χ2v) is 4.97. The molecule has 0 saturated heterocycles. The van der Waals surface area contributed by atoms with Gasteiger partial charge in [0, 0.05) is 14.3 Å². The maximum Gasteiger partial charge on any atom is 0.136 e. The van der Waals surface area contributed by atoms with Gasteiger partial charge in [-0.15, -0.1) is 11.3 Å². The number of hydrogen-bond acceptors (Lipinski definition) is 2. The molecule has 1 heterocycles. The summed E-state index contributed by atoms with van der Waals surface area (Å²) >= 11 is 4.10. The number of ether oxygens (including phenoxy) is 1. The third-order valence-corrected chi connectivity index (χ3v) is 4.28. The predicted molar refractivity (Wildman–Crippen MR) is 65.8 cm³/mol. The fourth-order valence-corrected chi connectivity index (χ4v) is 3.26. The molecule has 0 spiro atoms. The molecule has 0 aliphatic heterocycles. The summed E-state index contributed by atoms with van der Waals surface area (Å²) in [5.74, 6) is 0.989. The Morgan fingerprint density at radius 1 is 1.38 bits per heavy atom. The molecule has 1 nitrogen and oxygen atoms in total.